The Morgan fingerprint density at radius 3 is 2.80 bits per heavy atom. The lowest BCUT2D eigenvalue weighted by atomic mass is 10.3. The number of carbonyl (C=O) groups excluding carboxylic acids is 1. The maximum Gasteiger partial charge on any atom is 0.331 e. The van der Waals surface area contributed by atoms with Crippen LogP contribution in [0.5, 0.6) is 0 Å². The Hall–Kier alpha value is -0.610. The van der Waals surface area contributed by atoms with Crippen molar-refractivity contribution in [1.82, 2.24) is 0 Å². The Labute approximate surface area is 60.0 Å². The molecule has 0 aromatic heterocycles. The fourth-order valence-corrected chi connectivity index (χ4v) is 0.363. The molecule has 10 heavy (non-hydrogen) atoms. The Bertz CT molecular complexity index is 105. The minimum atomic E-state index is -0.621. The normalized spacial score (nSPS) is 12.7. The zero-order valence-corrected chi connectivity index (χ0v) is 6.04. The molecule has 0 bridgehead atoms. The molecule has 0 fully saturated rings. The van der Waals surface area contributed by atoms with Gasteiger partial charge in [0.1, 0.15) is 13.2 Å². The number of nitrogens with two attached hydrogens (primary N) is 1. The van der Waals surface area contributed by atoms with Gasteiger partial charge in [-0.25, -0.2) is 4.79 Å². The van der Waals surface area contributed by atoms with E-state index in [2.05, 4.69) is 4.74 Å². The minimum Gasteiger partial charge on any atom is -0.462 e. The first-order valence-electron chi connectivity index (χ1n) is 3.22. The highest BCUT2D eigenvalue weighted by Crippen LogP contribution is 1.87. The lowest BCUT2D eigenvalue weighted by Crippen LogP contribution is -2.27. The van der Waals surface area contributed by atoms with Gasteiger partial charge in [0.2, 0.25) is 0 Å². The van der Waals surface area contributed by atoms with Gasteiger partial charge in [-0.05, 0) is 6.42 Å². The molecule has 0 spiro atoms. The highest BCUT2D eigenvalue weighted by Gasteiger charge is 2.03. The summed E-state index contributed by atoms with van der Waals surface area (Å²) in [6.45, 7) is 1.52. The van der Waals surface area contributed by atoms with Gasteiger partial charge in [-0.2, -0.15) is 0 Å². The van der Waals surface area contributed by atoms with Crippen molar-refractivity contribution in [3.8, 4) is 0 Å². The third-order valence-corrected chi connectivity index (χ3v) is 1.11. The molecule has 0 amide bonds. The number of rotatable bonds is 4. The molecule has 0 saturated carbocycles. The largest absolute Gasteiger partial charge is 0.462 e. The zero-order valence-electron chi connectivity index (χ0n) is 6.04. The average Bonchev–Trinajstić information content (AvgIpc) is 1.99. The molecule has 0 aliphatic rings. The van der Waals surface area contributed by atoms with Crippen LogP contribution in [0.15, 0.2) is 0 Å². The molecule has 0 saturated heterocycles. The second-order valence-electron chi connectivity index (χ2n) is 2.01. The monoisotopic (exact) mass is 147 g/mol. The van der Waals surface area contributed by atoms with E-state index in [-0.39, 0.29) is 12.6 Å². The quantitative estimate of drug-likeness (QED) is 0.514. The maximum atomic E-state index is 10.3. The molecular weight excluding hydrogens is 134 g/mol. The van der Waals surface area contributed by atoms with Crippen molar-refractivity contribution in [3.05, 3.63) is 0 Å². The molecule has 0 rings (SSSR count). The summed E-state index contributed by atoms with van der Waals surface area (Å²) in [5.41, 5.74) is 5.42. The number of aliphatic hydroxyl groups is 1. The van der Waals surface area contributed by atoms with Crippen LogP contribution in [0.1, 0.15) is 13.3 Å². The third-order valence-electron chi connectivity index (χ3n) is 1.11. The van der Waals surface area contributed by atoms with Gasteiger partial charge in [-0.3, -0.25) is 0 Å². The number of ether oxygens (including phenoxy) is 1. The second kappa shape index (κ2) is 5.20. The van der Waals surface area contributed by atoms with Gasteiger partial charge in [-0.15, -0.1) is 0 Å². The van der Waals surface area contributed by atoms with E-state index in [0.717, 1.165) is 6.42 Å². The summed E-state index contributed by atoms with van der Waals surface area (Å²) in [4.78, 5) is 10.3. The van der Waals surface area contributed by atoms with Gasteiger partial charge in [0.05, 0.1) is 0 Å². The SMILES string of the molecule is CCC(N)COC(=O)CO. The molecule has 60 valence electrons. The fraction of sp³-hybridized carbons (Fsp3) is 0.833. The van der Waals surface area contributed by atoms with Crippen molar-refractivity contribution in [2.24, 2.45) is 5.73 Å². The summed E-state index contributed by atoms with van der Waals surface area (Å²) in [5.74, 6) is -0.621. The molecule has 0 aliphatic carbocycles. The van der Waals surface area contributed by atoms with Gasteiger partial charge in [0.15, 0.2) is 0 Å². The number of hydrogen-bond acceptors (Lipinski definition) is 4. The maximum absolute atomic E-state index is 10.3. The molecule has 4 nitrogen and oxygen atoms in total. The summed E-state index contributed by atoms with van der Waals surface area (Å²) in [6.07, 6.45) is 0.763. The van der Waals surface area contributed by atoms with E-state index in [9.17, 15) is 4.79 Å². The summed E-state index contributed by atoms with van der Waals surface area (Å²) in [6, 6.07) is -0.115. The lowest BCUT2D eigenvalue weighted by Gasteiger charge is -2.07. The van der Waals surface area contributed by atoms with Gasteiger partial charge in [-0.1, -0.05) is 6.92 Å². The van der Waals surface area contributed by atoms with Crippen LogP contribution in [0.2, 0.25) is 0 Å². The van der Waals surface area contributed by atoms with Crippen LogP contribution in [0.25, 0.3) is 0 Å². The van der Waals surface area contributed by atoms with E-state index in [1.807, 2.05) is 6.92 Å². The molecular formula is C6H13NO3. The van der Waals surface area contributed by atoms with Crippen LogP contribution in [-0.4, -0.2) is 30.3 Å². The summed E-state index contributed by atoms with van der Waals surface area (Å²) < 4.78 is 4.53. The van der Waals surface area contributed by atoms with E-state index in [1.165, 1.54) is 0 Å². The zero-order chi connectivity index (χ0) is 7.98. The first-order chi connectivity index (χ1) is 4.70. The van der Waals surface area contributed by atoms with Crippen molar-refractivity contribution in [2.75, 3.05) is 13.2 Å². The molecule has 1 atom stereocenters. The average molecular weight is 147 g/mol. The third kappa shape index (κ3) is 4.29. The minimum absolute atomic E-state index is 0.115. The molecule has 0 aromatic rings. The van der Waals surface area contributed by atoms with Crippen molar-refractivity contribution < 1.29 is 14.6 Å². The predicted molar refractivity (Wildman–Crippen MR) is 36.3 cm³/mol. The summed E-state index contributed by atoms with van der Waals surface area (Å²) in [5, 5.41) is 8.21. The van der Waals surface area contributed by atoms with Gasteiger partial charge in [0, 0.05) is 6.04 Å². The molecule has 4 heteroatoms. The molecule has 0 heterocycles. The Morgan fingerprint density at radius 2 is 2.40 bits per heavy atom. The Morgan fingerprint density at radius 1 is 1.80 bits per heavy atom. The van der Waals surface area contributed by atoms with E-state index >= 15 is 0 Å². The van der Waals surface area contributed by atoms with Gasteiger partial charge < -0.3 is 15.6 Å². The first-order valence-corrected chi connectivity index (χ1v) is 3.22. The van der Waals surface area contributed by atoms with E-state index < -0.39 is 12.6 Å². The lowest BCUT2D eigenvalue weighted by molar-refractivity contribution is -0.147. The Balaban J connectivity index is 3.26. The summed E-state index contributed by atoms with van der Waals surface area (Å²) in [7, 11) is 0. The van der Waals surface area contributed by atoms with Crippen LogP contribution in [0.4, 0.5) is 0 Å². The van der Waals surface area contributed by atoms with E-state index in [0.29, 0.717) is 0 Å². The number of esters is 1. The van der Waals surface area contributed by atoms with Crippen LogP contribution >= 0.6 is 0 Å². The number of hydrogen-bond donors (Lipinski definition) is 2. The predicted octanol–water partition coefficient (Wildman–Crippen LogP) is -0.741. The van der Waals surface area contributed by atoms with E-state index in [1.54, 1.807) is 0 Å². The van der Waals surface area contributed by atoms with E-state index in [4.69, 9.17) is 10.8 Å². The van der Waals surface area contributed by atoms with Crippen LogP contribution in [-0.2, 0) is 9.53 Å². The van der Waals surface area contributed by atoms with Crippen molar-refractivity contribution in [1.29, 1.82) is 0 Å². The van der Waals surface area contributed by atoms with Crippen LogP contribution in [0, 0.1) is 0 Å². The summed E-state index contributed by atoms with van der Waals surface area (Å²) >= 11 is 0. The Kier molecular flexibility index (Phi) is 4.88. The second-order valence-corrected chi connectivity index (χ2v) is 2.01. The smallest absolute Gasteiger partial charge is 0.331 e. The first kappa shape index (κ1) is 9.39. The van der Waals surface area contributed by atoms with Gasteiger partial charge >= 0.3 is 5.97 Å². The van der Waals surface area contributed by atoms with Crippen molar-refractivity contribution in [2.45, 2.75) is 19.4 Å². The fourth-order valence-electron chi connectivity index (χ4n) is 0.363. The molecule has 0 aromatic carbocycles. The van der Waals surface area contributed by atoms with Gasteiger partial charge in [0.25, 0.3) is 0 Å². The van der Waals surface area contributed by atoms with Crippen molar-refractivity contribution >= 4 is 5.97 Å². The highest BCUT2D eigenvalue weighted by molar-refractivity contribution is 5.70. The van der Waals surface area contributed by atoms with Crippen molar-refractivity contribution in [3.63, 3.8) is 0 Å². The molecule has 1 unspecified atom stereocenters. The molecule has 0 radical (unpaired) electrons. The standard InChI is InChI=1S/C6H13NO3/c1-2-5(7)4-10-6(9)3-8/h5,8H,2-4,7H2,1H3. The van der Waals surface area contributed by atoms with Crippen LogP contribution in [0.3, 0.4) is 0 Å². The molecule has 3 N–H and O–H groups in total. The highest BCUT2D eigenvalue weighted by atomic mass is 16.5. The number of aliphatic hydroxyl groups excluding tert-OH is 1. The van der Waals surface area contributed by atoms with Crippen LogP contribution < -0.4 is 5.73 Å². The number of carbonyl (C=O) groups is 1. The molecule has 0 aliphatic heterocycles. The topological polar surface area (TPSA) is 72.5 Å².